The maximum absolute atomic E-state index is 12.3. The van der Waals surface area contributed by atoms with Crippen LogP contribution in [0.2, 0.25) is 0 Å². The van der Waals surface area contributed by atoms with E-state index in [0.29, 0.717) is 31.1 Å². The summed E-state index contributed by atoms with van der Waals surface area (Å²) in [4.78, 5) is 33.6. The van der Waals surface area contributed by atoms with Gasteiger partial charge in [-0.2, -0.15) is 0 Å². The van der Waals surface area contributed by atoms with Gasteiger partial charge in [-0.1, -0.05) is 12.8 Å². The Morgan fingerprint density at radius 3 is 2.80 bits per heavy atom. The number of hydrazine groups is 1. The summed E-state index contributed by atoms with van der Waals surface area (Å²) in [5.74, 6) is 1.27. The van der Waals surface area contributed by atoms with Crippen LogP contribution in [0.25, 0.3) is 0 Å². The van der Waals surface area contributed by atoms with Crippen molar-refractivity contribution in [2.45, 2.75) is 70.3 Å². The van der Waals surface area contributed by atoms with Crippen molar-refractivity contribution >= 4 is 17.9 Å². The van der Waals surface area contributed by atoms with Crippen LogP contribution in [-0.4, -0.2) is 41.3 Å². The lowest BCUT2D eigenvalue weighted by Crippen LogP contribution is -2.55. The molecule has 3 rings (SSSR count). The van der Waals surface area contributed by atoms with E-state index < -0.39 is 4.92 Å². The van der Waals surface area contributed by atoms with Gasteiger partial charge in [-0.05, 0) is 63.0 Å². The van der Waals surface area contributed by atoms with Crippen molar-refractivity contribution in [3.05, 3.63) is 33.9 Å². The predicted molar refractivity (Wildman–Crippen MR) is 112 cm³/mol. The molecule has 2 unspecified atom stereocenters. The van der Waals surface area contributed by atoms with Crippen LogP contribution in [0.5, 0.6) is 5.75 Å². The molecule has 1 heterocycles. The molecule has 30 heavy (non-hydrogen) atoms. The predicted octanol–water partition coefficient (Wildman–Crippen LogP) is 4.03. The van der Waals surface area contributed by atoms with E-state index in [2.05, 4.69) is 10.4 Å². The molecule has 1 aromatic rings. The van der Waals surface area contributed by atoms with E-state index in [1.54, 1.807) is 0 Å². The van der Waals surface area contributed by atoms with E-state index in [-0.39, 0.29) is 17.2 Å². The number of amides is 1. The number of nitrogens with one attached hydrogen (secondary N) is 1. The van der Waals surface area contributed by atoms with Crippen LogP contribution in [0.4, 0.5) is 5.69 Å². The molecule has 1 saturated heterocycles. The van der Waals surface area contributed by atoms with E-state index >= 15 is 0 Å². The van der Waals surface area contributed by atoms with Crippen LogP contribution in [-0.2, 0) is 4.79 Å². The average Bonchev–Trinajstić information content (AvgIpc) is 2.76. The molecule has 1 aliphatic carbocycles. The topological polar surface area (TPSA) is 102 Å². The first kappa shape index (κ1) is 22.2. The number of nitro groups is 1. The summed E-state index contributed by atoms with van der Waals surface area (Å²) in [6.07, 6.45) is 10.9. The largest absolute Gasteiger partial charge is 0.494 e. The molecule has 0 aromatic heterocycles. The number of carbonyl (C=O) groups excluding carboxylic acids is 2. The van der Waals surface area contributed by atoms with Crippen molar-refractivity contribution in [2.24, 2.45) is 5.92 Å². The molecule has 1 aliphatic heterocycles. The molecule has 0 spiro atoms. The number of fused-ring (bicyclic) bond motifs is 1. The zero-order chi connectivity index (χ0) is 21.3. The van der Waals surface area contributed by atoms with Gasteiger partial charge >= 0.3 is 0 Å². The highest BCUT2D eigenvalue weighted by Gasteiger charge is 2.33. The number of carbonyl (C=O) groups is 2. The van der Waals surface area contributed by atoms with Gasteiger partial charge in [0, 0.05) is 25.1 Å². The number of hydrogen-bond acceptors (Lipinski definition) is 6. The highest BCUT2D eigenvalue weighted by molar-refractivity contribution is 5.82. The second-order valence-electron chi connectivity index (χ2n) is 8.24. The van der Waals surface area contributed by atoms with E-state index in [4.69, 9.17) is 4.74 Å². The summed E-state index contributed by atoms with van der Waals surface area (Å²) in [5, 5.41) is 13.0. The fraction of sp³-hybridized carbons (Fsp3) is 0.636. The van der Waals surface area contributed by atoms with Crippen LogP contribution in [0, 0.1) is 16.0 Å². The van der Waals surface area contributed by atoms with Gasteiger partial charge in [0.1, 0.15) is 5.75 Å². The molecule has 0 bridgehead atoms. The Kier molecular flexibility index (Phi) is 8.19. The Hall–Kier alpha value is -2.48. The molecule has 2 aliphatic rings. The standard InChI is InChI=1S/C22H31N3O5/c26-16-18-15-19(11-12-21(18)25(28)29)30-14-5-1-2-10-22(27)23-24-13-6-8-17-7-3-4-9-20(17)24/h11-12,15-17,20H,1-10,13-14H2,(H,23,27). The zero-order valence-electron chi connectivity index (χ0n) is 17.4. The maximum Gasteiger partial charge on any atom is 0.280 e. The summed E-state index contributed by atoms with van der Waals surface area (Å²) in [7, 11) is 0. The third-order valence-electron chi connectivity index (χ3n) is 6.15. The quantitative estimate of drug-likeness (QED) is 0.267. The van der Waals surface area contributed by atoms with Gasteiger partial charge in [0.25, 0.3) is 5.69 Å². The Balaban J connectivity index is 1.32. The van der Waals surface area contributed by atoms with Crippen molar-refractivity contribution in [3.63, 3.8) is 0 Å². The summed E-state index contributed by atoms with van der Waals surface area (Å²) < 4.78 is 5.58. The molecule has 1 N–H and O–H groups in total. The first-order chi connectivity index (χ1) is 14.6. The van der Waals surface area contributed by atoms with Crippen molar-refractivity contribution in [1.82, 2.24) is 10.4 Å². The van der Waals surface area contributed by atoms with Crippen LogP contribution in [0.1, 0.15) is 74.6 Å². The summed E-state index contributed by atoms with van der Waals surface area (Å²) >= 11 is 0. The average molecular weight is 418 g/mol. The van der Waals surface area contributed by atoms with Gasteiger partial charge in [0.05, 0.1) is 17.1 Å². The number of nitro benzene ring substituents is 1. The monoisotopic (exact) mass is 417 g/mol. The smallest absolute Gasteiger partial charge is 0.280 e. The van der Waals surface area contributed by atoms with Gasteiger partial charge in [0.2, 0.25) is 5.91 Å². The highest BCUT2D eigenvalue weighted by Crippen LogP contribution is 2.34. The normalized spacial score (nSPS) is 21.5. The lowest BCUT2D eigenvalue weighted by atomic mass is 9.79. The fourth-order valence-electron chi connectivity index (χ4n) is 4.62. The molecule has 0 radical (unpaired) electrons. The van der Waals surface area contributed by atoms with Gasteiger partial charge in [-0.3, -0.25) is 25.1 Å². The number of nitrogens with zero attached hydrogens (tertiary/aromatic N) is 2. The van der Waals surface area contributed by atoms with Crippen LogP contribution in [0.3, 0.4) is 0 Å². The number of benzene rings is 1. The Morgan fingerprint density at radius 1 is 1.20 bits per heavy atom. The van der Waals surface area contributed by atoms with Crippen molar-refractivity contribution in [2.75, 3.05) is 13.2 Å². The number of ether oxygens (including phenoxy) is 1. The van der Waals surface area contributed by atoms with Crippen LogP contribution >= 0.6 is 0 Å². The van der Waals surface area contributed by atoms with E-state index in [1.165, 1.54) is 50.3 Å². The number of unbranched alkanes of at least 4 members (excludes halogenated alkanes) is 2. The Labute approximate surface area is 177 Å². The van der Waals surface area contributed by atoms with Crippen LogP contribution in [0.15, 0.2) is 18.2 Å². The van der Waals surface area contributed by atoms with Crippen molar-refractivity contribution in [1.29, 1.82) is 0 Å². The Bertz CT molecular complexity index is 752. The highest BCUT2D eigenvalue weighted by atomic mass is 16.6. The molecule has 1 saturated carbocycles. The molecule has 2 fully saturated rings. The number of rotatable bonds is 10. The van der Waals surface area contributed by atoms with Crippen molar-refractivity contribution < 1.29 is 19.2 Å². The Morgan fingerprint density at radius 2 is 2.00 bits per heavy atom. The summed E-state index contributed by atoms with van der Waals surface area (Å²) in [6.45, 7) is 1.40. The zero-order valence-corrected chi connectivity index (χ0v) is 17.4. The lowest BCUT2D eigenvalue weighted by Gasteiger charge is -2.43. The minimum absolute atomic E-state index is 0.00656. The molecule has 8 heteroatoms. The third kappa shape index (κ3) is 6.01. The summed E-state index contributed by atoms with van der Waals surface area (Å²) in [5.41, 5.74) is 2.92. The minimum atomic E-state index is -0.586. The molecule has 164 valence electrons. The molecule has 2 atom stereocenters. The molecule has 1 amide bonds. The van der Waals surface area contributed by atoms with Crippen LogP contribution < -0.4 is 10.2 Å². The van der Waals surface area contributed by atoms with Crippen molar-refractivity contribution in [3.8, 4) is 5.75 Å². The molecule has 8 nitrogen and oxygen atoms in total. The molecular formula is C22H31N3O5. The van der Waals surface area contributed by atoms with E-state index in [1.807, 2.05) is 0 Å². The third-order valence-corrected chi connectivity index (χ3v) is 6.15. The minimum Gasteiger partial charge on any atom is -0.494 e. The lowest BCUT2D eigenvalue weighted by molar-refractivity contribution is -0.385. The van der Waals surface area contributed by atoms with Gasteiger partial charge in [0.15, 0.2) is 6.29 Å². The van der Waals surface area contributed by atoms with E-state index in [0.717, 1.165) is 38.1 Å². The molecular weight excluding hydrogens is 386 g/mol. The fourth-order valence-corrected chi connectivity index (χ4v) is 4.62. The maximum atomic E-state index is 12.3. The first-order valence-corrected chi connectivity index (χ1v) is 11.0. The second kappa shape index (κ2) is 11.1. The second-order valence-corrected chi connectivity index (χ2v) is 8.24. The SMILES string of the molecule is O=Cc1cc(OCCCCCC(=O)NN2CCCC3CCCCC32)ccc1[N+](=O)[O-]. The van der Waals surface area contributed by atoms with E-state index in [9.17, 15) is 19.7 Å². The molecule has 1 aromatic carbocycles. The first-order valence-electron chi connectivity index (χ1n) is 11.0. The number of hydrogen-bond donors (Lipinski definition) is 1. The van der Waals surface area contributed by atoms with Gasteiger partial charge < -0.3 is 4.74 Å². The summed E-state index contributed by atoms with van der Waals surface area (Å²) in [6, 6.07) is 4.68. The number of aldehydes is 1. The van der Waals surface area contributed by atoms with Gasteiger partial charge in [-0.25, -0.2) is 5.01 Å². The van der Waals surface area contributed by atoms with Gasteiger partial charge in [-0.15, -0.1) is 0 Å². The number of piperidine rings is 1.